The van der Waals surface area contributed by atoms with Crippen molar-refractivity contribution in [1.29, 1.82) is 0 Å². The van der Waals surface area contributed by atoms with E-state index in [0.717, 1.165) is 12.2 Å². The molecule has 0 radical (unpaired) electrons. The third kappa shape index (κ3) is 3.53. The molecule has 2 aromatic rings. The van der Waals surface area contributed by atoms with Crippen LogP contribution in [0.25, 0.3) is 0 Å². The van der Waals surface area contributed by atoms with E-state index in [1.165, 1.54) is 16.8 Å². The van der Waals surface area contributed by atoms with Crippen LogP contribution < -0.4 is 10.6 Å². The maximum absolute atomic E-state index is 5.82. The van der Waals surface area contributed by atoms with Crippen molar-refractivity contribution in [1.82, 2.24) is 0 Å². The summed E-state index contributed by atoms with van der Waals surface area (Å²) in [5, 5.41) is 0. The van der Waals surface area contributed by atoms with Gasteiger partial charge in [-0.25, -0.2) is 0 Å². The molecule has 0 aliphatic rings. The van der Waals surface area contributed by atoms with Crippen molar-refractivity contribution < 1.29 is 0 Å². The fraction of sp³-hybridized carbons (Fsp3) is 0.333. The molecular formula is C18H24N2. The Morgan fingerprint density at radius 3 is 2.20 bits per heavy atom. The van der Waals surface area contributed by atoms with Gasteiger partial charge in [0, 0.05) is 25.0 Å². The van der Waals surface area contributed by atoms with E-state index in [2.05, 4.69) is 63.1 Å². The summed E-state index contributed by atoms with van der Waals surface area (Å²) in [6.07, 6.45) is 0. The van der Waals surface area contributed by atoms with Gasteiger partial charge in [-0.2, -0.15) is 0 Å². The molecule has 0 atom stereocenters. The summed E-state index contributed by atoms with van der Waals surface area (Å²) in [6, 6.07) is 16.9. The van der Waals surface area contributed by atoms with Crippen LogP contribution in [0, 0.1) is 0 Å². The van der Waals surface area contributed by atoms with Gasteiger partial charge in [0.05, 0.1) is 0 Å². The molecule has 0 unspecified atom stereocenters. The highest BCUT2D eigenvalue weighted by atomic mass is 15.1. The minimum absolute atomic E-state index is 0.199. The molecule has 2 heteroatoms. The van der Waals surface area contributed by atoms with Gasteiger partial charge in [0.15, 0.2) is 0 Å². The number of hydrogen-bond donors (Lipinski definition) is 1. The van der Waals surface area contributed by atoms with E-state index in [9.17, 15) is 0 Å². The smallest absolute Gasteiger partial charge is 0.0426 e. The number of hydrogen-bond acceptors (Lipinski definition) is 2. The summed E-state index contributed by atoms with van der Waals surface area (Å²) in [5.41, 5.74) is 10.7. The monoisotopic (exact) mass is 268 g/mol. The van der Waals surface area contributed by atoms with Crippen LogP contribution in [0.1, 0.15) is 31.9 Å². The molecule has 2 aromatic carbocycles. The first-order valence-electron chi connectivity index (χ1n) is 7.02. The summed E-state index contributed by atoms with van der Waals surface area (Å²) >= 11 is 0. The largest absolute Gasteiger partial charge is 0.399 e. The van der Waals surface area contributed by atoms with Crippen LogP contribution in [-0.2, 0) is 12.0 Å². The van der Waals surface area contributed by atoms with E-state index < -0.39 is 0 Å². The fourth-order valence-electron chi connectivity index (χ4n) is 2.27. The summed E-state index contributed by atoms with van der Waals surface area (Å²) in [4.78, 5) is 2.24. The summed E-state index contributed by atoms with van der Waals surface area (Å²) in [6.45, 7) is 7.56. The third-order valence-corrected chi connectivity index (χ3v) is 3.54. The minimum Gasteiger partial charge on any atom is -0.399 e. The van der Waals surface area contributed by atoms with Crippen molar-refractivity contribution in [2.45, 2.75) is 32.7 Å². The molecule has 0 fully saturated rings. The topological polar surface area (TPSA) is 29.3 Å². The predicted octanol–water partition coefficient (Wildman–Crippen LogP) is 4.20. The molecule has 20 heavy (non-hydrogen) atoms. The summed E-state index contributed by atoms with van der Waals surface area (Å²) in [7, 11) is 2.11. The number of nitrogen functional groups attached to an aromatic ring is 1. The van der Waals surface area contributed by atoms with E-state index in [1.54, 1.807) is 0 Å². The molecule has 0 amide bonds. The van der Waals surface area contributed by atoms with Gasteiger partial charge < -0.3 is 10.6 Å². The Kier molecular flexibility index (Phi) is 4.03. The molecule has 0 aromatic heterocycles. The Labute approximate surface area is 122 Å². The number of nitrogens with two attached hydrogens (primary N) is 1. The Balaban J connectivity index is 2.11. The van der Waals surface area contributed by atoms with Gasteiger partial charge in [0.25, 0.3) is 0 Å². The average Bonchev–Trinajstić information content (AvgIpc) is 2.38. The van der Waals surface area contributed by atoms with Gasteiger partial charge in [0.2, 0.25) is 0 Å². The summed E-state index contributed by atoms with van der Waals surface area (Å²) < 4.78 is 0. The molecule has 0 saturated carbocycles. The second kappa shape index (κ2) is 5.58. The van der Waals surface area contributed by atoms with Crippen LogP contribution in [0.3, 0.4) is 0 Å². The molecule has 2 rings (SSSR count). The number of nitrogens with zero attached hydrogens (tertiary/aromatic N) is 1. The zero-order chi connectivity index (χ0) is 14.8. The molecule has 0 aliphatic heterocycles. The SMILES string of the molecule is CN(Cc1cccc(N)c1)c1ccc(C(C)(C)C)cc1. The van der Waals surface area contributed by atoms with Crippen molar-refractivity contribution in [3.05, 3.63) is 59.7 Å². The van der Waals surface area contributed by atoms with Crippen molar-refractivity contribution in [3.8, 4) is 0 Å². The molecule has 0 saturated heterocycles. The van der Waals surface area contributed by atoms with Crippen LogP contribution >= 0.6 is 0 Å². The zero-order valence-corrected chi connectivity index (χ0v) is 12.9. The van der Waals surface area contributed by atoms with Crippen LogP contribution in [0.2, 0.25) is 0 Å². The summed E-state index contributed by atoms with van der Waals surface area (Å²) in [5.74, 6) is 0. The minimum atomic E-state index is 0.199. The molecular weight excluding hydrogens is 244 g/mol. The van der Waals surface area contributed by atoms with Crippen LogP contribution in [0.4, 0.5) is 11.4 Å². The second-order valence-corrected chi connectivity index (χ2v) is 6.40. The number of anilines is 2. The first kappa shape index (κ1) is 14.4. The maximum Gasteiger partial charge on any atom is 0.0426 e. The van der Waals surface area contributed by atoms with Crippen LogP contribution in [-0.4, -0.2) is 7.05 Å². The van der Waals surface area contributed by atoms with Gasteiger partial charge in [-0.1, -0.05) is 45.0 Å². The van der Waals surface area contributed by atoms with Gasteiger partial charge in [-0.15, -0.1) is 0 Å². The Bertz CT molecular complexity index is 565. The van der Waals surface area contributed by atoms with Gasteiger partial charge in [-0.3, -0.25) is 0 Å². The zero-order valence-electron chi connectivity index (χ0n) is 12.9. The molecule has 2 nitrogen and oxygen atoms in total. The molecule has 0 aliphatic carbocycles. The van der Waals surface area contributed by atoms with Crippen molar-refractivity contribution in [3.63, 3.8) is 0 Å². The van der Waals surface area contributed by atoms with Crippen LogP contribution in [0.5, 0.6) is 0 Å². The highest BCUT2D eigenvalue weighted by Gasteiger charge is 2.13. The van der Waals surface area contributed by atoms with Crippen molar-refractivity contribution >= 4 is 11.4 Å². The number of rotatable bonds is 3. The van der Waals surface area contributed by atoms with Crippen molar-refractivity contribution in [2.75, 3.05) is 17.7 Å². The first-order chi connectivity index (χ1) is 9.36. The van der Waals surface area contributed by atoms with Gasteiger partial charge in [0.1, 0.15) is 0 Å². The highest BCUT2D eigenvalue weighted by Crippen LogP contribution is 2.25. The predicted molar refractivity (Wildman–Crippen MR) is 88.1 cm³/mol. The van der Waals surface area contributed by atoms with E-state index in [1.807, 2.05) is 18.2 Å². The lowest BCUT2D eigenvalue weighted by Gasteiger charge is -2.23. The molecule has 0 bridgehead atoms. The van der Waals surface area contributed by atoms with Crippen molar-refractivity contribution in [2.24, 2.45) is 0 Å². The van der Waals surface area contributed by atoms with E-state index >= 15 is 0 Å². The molecule has 2 N–H and O–H groups in total. The second-order valence-electron chi connectivity index (χ2n) is 6.40. The van der Waals surface area contributed by atoms with Gasteiger partial charge >= 0.3 is 0 Å². The highest BCUT2D eigenvalue weighted by molar-refractivity contribution is 5.49. The Morgan fingerprint density at radius 2 is 1.65 bits per heavy atom. The number of benzene rings is 2. The lowest BCUT2D eigenvalue weighted by atomic mass is 9.87. The van der Waals surface area contributed by atoms with E-state index in [4.69, 9.17) is 5.73 Å². The maximum atomic E-state index is 5.82. The fourth-order valence-corrected chi connectivity index (χ4v) is 2.27. The molecule has 0 spiro atoms. The lowest BCUT2D eigenvalue weighted by Crippen LogP contribution is -2.17. The standard InChI is InChI=1S/C18H24N2/c1-18(2,3)15-8-10-17(11-9-15)20(4)13-14-6-5-7-16(19)12-14/h5-12H,13,19H2,1-4H3. The first-order valence-corrected chi connectivity index (χ1v) is 7.02. The van der Waals surface area contributed by atoms with E-state index in [-0.39, 0.29) is 5.41 Å². The Hall–Kier alpha value is -1.96. The normalized spacial score (nSPS) is 11.4. The molecule has 0 heterocycles. The van der Waals surface area contributed by atoms with E-state index in [0.29, 0.717) is 0 Å². The quantitative estimate of drug-likeness (QED) is 0.845. The lowest BCUT2D eigenvalue weighted by molar-refractivity contribution is 0.590. The van der Waals surface area contributed by atoms with Gasteiger partial charge in [-0.05, 0) is 40.8 Å². The average molecular weight is 268 g/mol. The third-order valence-electron chi connectivity index (χ3n) is 3.54. The Morgan fingerprint density at radius 1 is 1.00 bits per heavy atom. The van der Waals surface area contributed by atoms with Crippen LogP contribution in [0.15, 0.2) is 48.5 Å². The molecule has 106 valence electrons.